The molecule has 1 saturated heterocycles. The Hall–Kier alpha value is -1.42. The molecule has 0 aromatic rings. The number of amides is 1. The predicted octanol–water partition coefficient (Wildman–Crippen LogP) is 16.4. The number of unbranched alkanes of at least 4 members (excludes halogenated alkanes) is 42. The lowest BCUT2D eigenvalue weighted by atomic mass is 9.99. The molecule has 1 amide bonds. The normalized spacial score (nSPS) is 19.0. The molecular formula is C64H123NO11S. The lowest BCUT2D eigenvalue weighted by Crippen LogP contribution is -2.61. The van der Waals surface area contributed by atoms with Crippen LogP contribution in [-0.2, 0) is 28.9 Å². The fraction of sp³-hybridized carbons (Fsp3) is 0.922. The van der Waals surface area contributed by atoms with Crippen molar-refractivity contribution in [2.45, 2.75) is 365 Å². The summed E-state index contributed by atoms with van der Waals surface area (Å²) in [5.74, 6) is -0.224. The van der Waals surface area contributed by atoms with Gasteiger partial charge >= 0.3 is 10.4 Å². The van der Waals surface area contributed by atoms with E-state index in [1.165, 1.54) is 238 Å². The van der Waals surface area contributed by atoms with Crippen LogP contribution in [0, 0.1) is 0 Å². The number of rotatable bonds is 58. The van der Waals surface area contributed by atoms with E-state index in [1.54, 1.807) is 0 Å². The van der Waals surface area contributed by atoms with E-state index in [9.17, 15) is 38.2 Å². The average Bonchev–Trinajstić information content (AvgIpc) is 3.41. The molecule has 0 aliphatic carbocycles. The van der Waals surface area contributed by atoms with Crippen LogP contribution >= 0.6 is 0 Å². The van der Waals surface area contributed by atoms with E-state index in [0.29, 0.717) is 12.8 Å². The number of nitrogens with one attached hydrogen (secondary N) is 1. The minimum Gasteiger partial charge on any atom is -0.394 e. The fourth-order valence-corrected chi connectivity index (χ4v) is 11.2. The number of allylic oxidation sites excluding steroid dienone is 4. The molecule has 7 atom stereocenters. The summed E-state index contributed by atoms with van der Waals surface area (Å²) in [5.41, 5.74) is 0. The second-order valence-electron chi connectivity index (χ2n) is 23.1. The van der Waals surface area contributed by atoms with Gasteiger partial charge in [0.25, 0.3) is 0 Å². The highest BCUT2D eigenvalue weighted by Gasteiger charge is 2.48. The number of aliphatic hydroxyl groups excluding tert-OH is 4. The van der Waals surface area contributed by atoms with Gasteiger partial charge in [0.2, 0.25) is 5.91 Å². The number of hydrogen-bond donors (Lipinski definition) is 6. The van der Waals surface area contributed by atoms with Gasteiger partial charge in [-0.3, -0.25) is 9.35 Å². The SMILES string of the molecule is CCCCCCCCCCC/C=C\C/C=C\CCCCCCCCCCCCCCCCCCCC(=O)NC(COC1OC(CO)C(O)C(OS(=O)(=O)O)C1O)C(O)CCCCCCCCCCCCCCCCCCC. The van der Waals surface area contributed by atoms with Crippen LogP contribution in [0.3, 0.4) is 0 Å². The van der Waals surface area contributed by atoms with Crippen LogP contribution in [-0.4, -0.2) is 95.4 Å². The number of ether oxygens (including phenoxy) is 2. The molecule has 0 radical (unpaired) electrons. The third-order valence-corrected chi connectivity index (χ3v) is 16.2. The third-order valence-electron chi connectivity index (χ3n) is 15.8. The maximum absolute atomic E-state index is 13.2. The summed E-state index contributed by atoms with van der Waals surface area (Å²) >= 11 is 0. The second-order valence-corrected chi connectivity index (χ2v) is 24.1. The Bertz CT molecular complexity index is 1450. The molecule has 6 N–H and O–H groups in total. The van der Waals surface area contributed by atoms with Crippen molar-refractivity contribution in [3.05, 3.63) is 24.3 Å². The van der Waals surface area contributed by atoms with Crippen LogP contribution in [0.4, 0.5) is 0 Å². The molecule has 0 bridgehead atoms. The van der Waals surface area contributed by atoms with Gasteiger partial charge < -0.3 is 35.2 Å². The summed E-state index contributed by atoms with van der Waals surface area (Å²) in [6.45, 7) is 3.50. The summed E-state index contributed by atoms with van der Waals surface area (Å²) < 4.78 is 48.0. The highest BCUT2D eigenvalue weighted by atomic mass is 32.3. The Kier molecular flexibility index (Phi) is 51.5. The summed E-state index contributed by atoms with van der Waals surface area (Å²) in [7, 11) is -5.08. The fourth-order valence-electron chi connectivity index (χ4n) is 10.7. The lowest BCUT2D eigenvalue weighted by molar-refractivity contribution is -0.298. The maximum atomic E-state index is 13.2. The van der Waals surface area contributed by atoms with Crippen LogP contribution in [0.25, 0.3) is 0 Å². The molecular weight excluding hydrogens is 991 g/mol. The molecule has 0 spiro atoms. The van der Waals surface area contributed by atoms with Gasteiger partial charge in [0.05, 0.1) is 25.4 Å². The first kappa shape index (κ1) is 73.6. The molecule has 12 nitrogen and oxygen atoms in total. The van der Waals surface area contributed by atoms with Crippen molar-refractivity contribution in [3.8, 4) is 0 Å². The molecule has 1 fully saturated rings. The first-order valence-electron chi connectivity index (χ1n) is 32.7. The highest BCUT2D eigenvalue weighted by molar-refractivity contribution is 7.80. The Balaban J connectivity index is 2.22. The molecule has 0 saturated carbocycles. The van der Waals surface area contributed by atoms with E-state index in [4.69, 9.17) is 9.47 Å². The van der Waals surface area contributed by atoms with Gasteiger partial charge in [0, 0.05) is 6.42 Å². The van der Waals surface area contributed by atoms with E-state index in [0.717, 1.165) is 57.8 Å². The zero-order valence-electron chi connectivity index (χ0n) is 49.8. The monoisotopic (exact) mass is 1110 g/mol. The van der Waals surface area contributed by atoms with Crippen LogP contribution in [0.15, 0.2) is 24.3 Å². The minimum absolute atomic E-state index is 0.224. The van der Waals surface area contributed by atoms with Crippen LogP contribution in [0.2, 0.25) is 0 Å². The maximum Gasteiger partial charge on any atom is 0.397 e. The number of carbonyl (C=O) groups is 1. The summed E-state index contributed by atoms with van der Waals surface area (Å²) in [5, 5.41) is 45.2. The molecule has 77 heavy (non-hydrogen) atoms. The molecule has 0 aromatic heterocycles. The Labute approximate surface area is 473 Å². The molecule has 7 unspecified atom stereocenters. The van der Waals surface area contributed by atoms with Crippen molar-refractivity contribution < 1.29 is 51.8 Å². The number of aliphatic hydroxyl groups is 4. The van der Waals surface area contributed by atoms with E-state index in [-0.39, 0.29) is 12.5 Å². The van der Waals surface area contributed by atoms with Gasteiger partial charge in [-0.1, -0.05) is 295 Å². The van der Waals surface area contributed by atoms with Crippen molar-refractivity contribution in [1.29, 1.82) is 0 Å². The molecule has 1 aliphatic heterocycles. The molecule has 13 heteroatoms. The van der Waals surface area contributed by atoms with Crippen molar-refractivity contribution in [2.75, 3.05) is 13.2 Å². The van der Waals surface area contributed by atoms with Gasteiger partial charge in [0.15, 0.2) is 6.29 Å². The topological polar surface area (TPSA) is 192 Å². The zero-order chi connectivity index (χ0) is 56.1. The van der Waals surface area contributed by atoms with Crippen LogP contribution in [0.1, 0.15) is 322 Å². The summed E-state index contributed by atoms with van der Waals surface area (Å²) in [6.07, 6.45) is 59.2. The minimum atomic E-state index is -5.08. The molecule has 1 aliphatic rings. The third kappa shape index (κ3) is 45.8. The summed E-state index contributed by atoms with van der Waals surface area (Å²) in [6, 6.07) is -0.857. The molecule has 456 valence electrons. The van der Waals surface area contributed by atoms with E-state index < -0.39 is 59.9 Å². The quantitative estimate of drug-likeness (QED) is 0.0193. The average molecular weight is 1110 g/mol. The van der Waals surface area contributed by atoms with Gasteiger partial charge in [-0.2, -0.15) is 8.42 Å². The van der Waals surface area contributed by atoms with Crippen LogP contribution in [0.5, 0.6) is 0 Å². The Morgan fingerprint density at radius 2 is 0.870 bits per heavy atom. The van der Waals surface area contributed by atoms with Crippen LogP contribution < -0.4 is 5.32 Å². The largest absolute Gasteiger partial charge is 0.397 e. The smallest absolute Gasteiger partial charge is 0.394 e. The predicted molar refractivity (Wildman–Crippen MR) is 319 cm³/mol. The zero-order valence-corrected chi connectivity index (χ0v) is 50.6. The Morgan fingerprint density at radius 3 is 1.23 bits per heavy atom. The van der Waals surface area contributed by atoms with Gasteiger partial charge in [0.1, 0.15) is 24.4 Å². The standard InChI is InChI=1S/C64H123NO11S/c1-3-5-7-9-11-13-15-17-19-21-22-23-24-25-26-27-28-29-30-31-32-33-34-35-36-38-40-42-44-46-48-50-52-54-60(68)65-57(56-74-64-62(70)63(76-77(71,72)73)61(69)59(55-66)75-64)58(67)53-51-49-47-45-43-41-39-37-20-18-16-14-12-10-8-6-4-2/h22-23,25-26,57-59,61-64,66-67,69-70H,3-21,24,27-56H2,1-2H3,(H,65,68)(H,71,72,73)/b23-22-,26-25-. The first-order chi connectivity index (χ1) is 37.5. The van der Waals surface area contributed by atoms with Crippen molar-refractivity contribution >= 4 is 16.3 Å². The van der Waals surface area contributed by atoms with Crippen molar-refractivity contribution in [2.24, 2.45) is 0 Å². The van der Waals surface area contributed by atoms with E-state index in [2.05, 4.69) is 47.7 Å². The highest BCUT2D eigenvalue weighted by Crippen LogP contribution is 2.26. The summed E-state index contributed by atoms with van der Waals surface area (Å²) in [4.78, 5) is 13.2. The van der Waals surface area contributed by atoms with E-state index in [1.807, 2.05) is 0 Å². The van der Waals surface area contributed by atoms with Crippen molar-refractivity contribution in [1.82, 2.24) is 5.32 Å². The van der Waals surface area contributed by atoms with Crippen molar-refractivity contribution in [3.63, 3.8) is 0 Å². The first-order valence-corrected chi connectivity index (χ1v) is 34.1. The number of hydrogen-bond acceptors (Lipinski definition) is 10. The second kappa shape index (κ2) is 53.9. The molecule has 1 heterocycles. The number of carbonyl (C=O) groups excluding carboxylic acids is 1. The molecule has 1 rings (SSSR count). The molecule has 0 aromatic carbocycles. The van der Waals surface area contributed by atoms with Gasteiger partial charge in [-0.15, -0.1) is 0 Å². The lowest BCUT2D eigenvalue weighted by Gasteiger charge is -2.41. The van der Waals surface area contributed by atoms with E-state index >= 15 is 0 Å². The Morgan fingerprint density at radius 1 is 0.519 bits per heavy atom. The van der Waals surface area contributed by atoms with Gasteiger partial charge in [-0.05, 0) is 44.9 Å². The van der Waals surface area contributed by atoms with Gasteiger partial charge in [-0.25, -0.2) is 4.18 Å².